The highest BCUT2D eigenvalue weighted by Gasteiger charge is 2.17. The fraction of sp³-hybridized carbons (Fsp3) is 0.310. The molecule has 3 aromatic carbocycles. The predicted octanol–water partition coefficient (Wildman–Crippen LogP) is 4.29. The van der Waals surface area contributed by atoms with E-state index in [0.29, 0.717) is 24.9 Å². The summed E-state index contributed by atoms with van der Waals surface area (Å²) in [6.45, 7) is 6.50. The van der Waals surface area contributed by atoms with E-state index in [9.17, 15) is 14.0 Å². The van der Waals surface area contributed by atoms with Crippen LogP contribution in [0.15, 0.2) is 78.9 Å². The molecular weight excluding hydrogens is 455 g/mol. The minimum Gasteiger partial charge on any atom is -0.352 e. The van der Waals surface area contributed by atoms with Gasteiger partial charge < -0.3 is 10.6 Å². The van der Waals surface area contributed by atoms with Gasteiger partial charge in [0.2, 0.25) is 5.91 Å². The quantitative estimate of drug-likeness (QED) is 0.418. The molecule has 0 aromatic heterocycles. The summed E-state index contributed by atoms with van der Waals surface area (Å²) in [5.74, 6) is -0.745. The SMILES string of the molecule is O=C(CCCNC(=O)c1ccc(F)cc1)Nc1ccc(CN2CCN(Cc3ccccc3)CC2)cc1. The standard InChI is InChI=1S/C29H33FN4O2/c30-26-12-10-25(11-13-26)29(36)31-16-4-7-28(35)32-27-14-8-24(9-15-27)22-34-19-17-33(18-20-34)21-23-5-2-1-3-6-23/h1-3,5-6,8-15H,4,7,16-22H2,(H,31,36)(H,32,35). The van der Waals surface area contributed by atoms with Gasteiger partial charge in [-0.05, 0) is 53.9 Å². The number of halogens is 1. The monoisotopic (exact) mass is 488 g/mol. The fourth-order valence-corrected chi connectivity index (χ4v) is 4.28. The van der Waals surface area contributed by atoms with Crippen molar-refractivity contribution in [3.63, 3.8) is 0 Å². The molecule has 3 aromatic rings. The van der Waals surface area contributed by atoms with Gasteiger partial charge in [-0.15, -0.1) is 0 Å². The maximum Gasteiger partial charge on any atom is 0.251 e. The maximum atomic E-state index is 12.9. The number of nitrogens with zero attached hydrogens (tertiary/aromatic N) is 2. The lowest BCUT2D eigenvalue weighted by atomic mass is 10.1. The first-order valence-electron chi connectivity index (χ1n) is 12.5. The number of nitrogens with one attached hydrogen (secondary N) is 2. The number of hydrogen-bond donors (Lipinski definition) is 2. The molecule has 0 saturated carbocycles. The first-order chi connectivity index (χ1) is 17.5. The number of benzene rings is 3. The molecule has 0 bridgehead atoms. The summed E-state index contributed by atoms with van der Waals surface area (Å²) in [5.41, 5.74) is 3.76. The molecule has 1 saturated heterocycles. The van der Waals surface area contributed by atoms with E-state index < -0.39 is 0 Å². The fourth-order valence-electron chi connectivity index (χ4n) is 4.28. The van der Waals surface area contributed by atoms with Crippen LogP contribution < -0.4 is 10.6 Å². The van der Waals surface area contributed by atoms with Gasteiger partial charge in [-0.25, -0.2) is 4.39 Å². The second-order valence-electron chi connectivity index (χ2n) is 9.15. The molecule has 4 rings (SSSR count). The molecule has 1 aliphatic rings. The molecule has 0 unspecified atom stereocenters. The first-order valence-corrected chi connectivity index (χ1v) is 12.5. The van der Waals surface area contributed by atoms with Crippen LogP contribution >= 0.6 is 0 Å². The number of piperazine rings is 1. The lowest BCUT2D eigenvalue weighted by molar-refractivity contribution is -0.116. The number of rotatable bonds is 10. The molecule has 1 fully saturated rings. The van der Waals surface area contributed by atoms with Crippen molar-refractivity contribution in [2.45, 2.75) is 25.9 Å². The third-order valence-electron chi connectivity index (χ3n) is 6.33. The number of amides is 2. The number of hydrogen-bond acceptors (Lipinski definition) is 4. The zero-order chi connectivity index (χ0) is 25.2. The van der Waals surface area contributed by atoms with Crippen molar-refractivity contribution in [3.8, 4) is 0 Å². The van der Waals surface area contributed by atoms with Crippen LogP contribution in [0, 0.1) is 5.82 Å². The Morgan fingerprint density at radius 2 is 1.33 bits per heavy atom. The van der Waals surface area contributed by atoms with Crippen molar-refractivity contribution < 1.29 is 14.0 Å². The Hall–Kier alpha value is -3.55. The van der Waals surface area contributed by atoms with Crippen LogP contribution in [0.4, 0.5) is 10.1 Å². The van der Waals surface area contributed by atoms with Gasteiger partial charge >= 0.3 is 0 Å². The second-order valence-corrected chi connectivity index (χ2v) is 9.15. The largest absolute Gasteiger partial charge is 0.352 e. The van der Waals surface area contributed by atoms with Crippen LogP contribution in [0.2, 0.25) is 0 Å². The van der Waals surface area contributed by atoms with Crippen molar-refractivity contribution >= 4 is 17.5 Å². The molecule has 0 spiro atoms. The molecular formula is C29H33FN4O2. The first kappa shape index (κ1) is 25.5. The molecule has 1 aliphatic heterocycles. The number of carbonyl (C=O) groups is 2. The molecule has 6 nitrogen and oxygen atoms in total. The van der Waals surface area contributed by atoms with Gasteiger partial charge in [0.05, 0.1) is 0 Å². The molecule has 0 radical (unpaired) electrons. The molecule has 2 amide bonds. The van der Waals surface area contributed by atoms with Gasteiger partial charge in [0.15, 0.2) is 0 Å². The van der Waals surface area contributed by atoms with Crippen molar-refractivity contribution in [1.29, 1.82) is 0 Å². The van der Waals surface area contributed by atoms with E-state index in [-0.39, 0.29) is 17.6 Å². The Labute approximate surface area is 212 Å². The molecule has 36 heavy (non-hydrogen) atoms. The Kier molecular flexibility index (Phi) is 9.19. The zero-order valence-corrected chi connectivity index (χ0v) is 20.5. The number of anilines is 1. The van der Waals surface area contributed by atoms with Crippen molar-refractivity contribution in [3.05, 3.63) is 101 Å². The van der Waals surface area contributed by atoms with Crippen LogP contribution in [0.5, 0.6) is 0 Å². The Balaban J connectivity index is 1.12. The van der Waals surface area contributed by atoms with Gasteiger partial charge in [0.25, 0.3) is 5.91 Å². The van der Waals surface area contributed by atoms with Crippen molar-refractivity contribution in [1.82, 2.24) is 15.1 Å². The van der Waals surface area contributed by atoms with E-state index in [1.165, 1.54) is 35.4 Å². The van der Waals surface area contributed by atoms with Crippen LogP contribution in [0.25, 0.3) is 0 Å². The van der Waals surface area contributed by atoms with E-state index in [2.05, 4.69) is 62.9 Å². The van der Waals surface area contributed by atoms with Gasteiger partial charge in [-0.3, -0.25) is 19.4 Å². The maximum absolute atomic E-state index is 12.9. The average Bonchev–Trinajstić information content (AvgIpc) is 2.90. The predicted molar refractivity (Wildman–Crippen MR) is 140 cm³/mol. The van der Waals surface area contributed by atoms with Crippen molar-refractivity contribution in [2.75, 3.05) is 38.0 Å². The molecule has 0 atom stereocenters. The van der Waals surface area contributed by atoms with Crippen LogP contribution in [0.1, 0.15) is 34.3 Å². The van der Waals surface area contributed by atoms with E-state index in [4.69, 9.17) is 0 Å². The molecule has 188 valence electrons. The normalized spacial score (nSPS) is 14.4. The van der Waals surface area contributed by atoms with Crippen LogP contribution in [-0.4, -0.2) is 54.3 Å². The minimum absolute atomic E-state index is 0.0895. The third kappa shape index (κ3) is 8.00. The van der Waals surface area contributed by atoms with Gasteiger partial charge in [-0.2, -0.15) is 0 Å². The van der Waals surface area contributed by atoms with Gasteiger partial charge in [-0.1, -0.05) is 42.5 Å². The highest BCUT2D eigenvalue weighted by Crippen LogP contribution is 2.15. The Morgan fingerprint density at radius 1 is 0.750 bits per heavy atom. The van der Waals surface area contributed by atoms with E-state index in [1.807, 2.05) is 12.1 Å². The summed E-state index contributed by atoms with van der Waals surface area (Å²) in [6.07, 6.45) is 0.825. The Morgan fingerprint density at radius 3 is 1.94 bits per heavy atom. The average molecular weight is 489 g/mol. The lowest BCUT2D eigenvalue weighted by Gasteiger charge is -2.34. The number of carbonyl (C=O) groups excluding carboxylic acids is 2. The zero-order valence-electron chi connectivity index (χ0n) is 20.5. The van der Waals surface area contributed by atoms with Gasteiger partial charge in [0.1, 0.15) is 5.82 Å². The molecule has 7 heteroatoms. The van der Waals surface area contributed by atoms with Crippen LogP contribution in [0.3, 0.4) is 0 Å². The summed E-state index contributed by atoms with van der Waals surface area (Å²) < 4.78 is 12.9. The topological polar surface area (TPSA) is 64.7 Å². The second kappa shape index (κ2) is 13.0. The highest BCUT2D eigenvalue weighted by atomic mass is 19.1. The van der Waals surface area contributed by atoms with E-state index in [0.717, 1.165) is 45.0 Å². The summed E-state index contributed by atoms with van der Waals surface area (Å²) in [6, 6.07) is 24.0. The lowest BCUT2D eigenvalue weighted by Crippen LogP contribution is -2.45. The molecule has 2 N–H and O–H groups in total. The highest BCUT2D eigenvalue weighted by molar-refractivity contribution is 5.94. The molecule has 0 aliphatic carbocycles. The summed E-state index contributed by atoms with van der Waals surface area (Å²) >= 11 is 0. The third-order valence-corrected chi connectivity index (χ3v) is 6.33. The van der Waals surface area contributed by atoms with Gasteiger partial charge in [0, 0.05) is 63.5 Å². The minimum atomic E-state index is -0.381. The summed E-state index contributed by atoms with van der Waals surface area (Å²) in [4.78, 5) is 29.2. The van der Waals surface area contributed by atoms with E-state index in [1.54, 1.807) is 0 Å². The van der Waals surface area contributed by atoms with Crippen molar-refractivity contribution in [2.24, 2.45) is 0 Å². The Bertz CT molecular complexity index is 1110. The van der Waals surface area contributed by atoms with Crippen LogP contribution in [-0.2, 0) is 17.9 Å². The summed E-state index contributed by atoms with van der Waals surface area (Å²) in [5, 5.41) is 5.66. The summed E-state index contributed by atoms with van der Waals surface area (Å²) in [7, 11) is 0. The smallest absolute Gasteiger partial charge is 0.251 e. The molecule has 1 heterocycles. The van der Waals surface area contributed by atoms with E-state index >= 15 is 0 Å².